The van der Waals surface area contributed by atoms with Crippen molar-refractivity contribution in [3.8, 4) is 0 Å². The minimum absolute atomic E-state index is 0.265. The number of aliphatic hydroxyl groups is 2. The smallest absolute Gasteiger partial charge is 0.163 e. The van der Waals surface area contributed by atoms with Crippen molar-refractivity contribution in [1.29, 1.82) is 0 Å². The molecular weight excluding hydrogens is 118 g/mol. The maximum Gasteiger partial charge on any atom is 0.163 e. The van der Waals surface area contributed by atoms with E-state index in [-0.39, 0.29) is 6.42 Å². The van der Waals surface area contributed by atoms with Crippen LogP contribution in [0.15, 0.2) is 0 Å². The number of nitrogens with two attached hydrogens (primary N) is 1. The average Bonchev–Trinajstić information content (AvgIpc) is 1.64. The van der Waals surface area contributed by atoms with E-state index in [2.05, 4.69) is 0 Å². The minimum Gasteiger partial charge on any atom is -0.366 e. The molecule has 0 amide bonds. The number of hydrogen-bond acceptors (Lipinski definition) is 3. The first-order valence-electron chi connectivity index (χ1n) is 3.27. The summed E-state index contributed by atoms with van der Waals surface area (Å²) in [7, 11) is 0. The van der Waals surface area contributed by atoms with Crippen LogP contribution in [0.3, 0.4) is 0 Å². The van der Waals surface area contributed by atoms with Gasteiger partial charge in [-0.2, -0.15) is 0 Å². The van der Waals surface area contributed by atoms with Gasteiger partial charge in [-0.15, -0.1) is 0 Å². The van der Waals surface area contributed by atoms with Crippen LogP contribution >= 0.6 is 0 Å². The van der Waals surface area contributed by atoms with Crippen molar-refractivity contribution in [1.82, 2.24) is 0 Å². The molecule has 0 spiro atoms. The lowest BCUT2D eigenvalue weighted by Crippen LogP contribution is -2.30. The van der Waals surface area contributed by atoms with Gasteiger partial charge in [-0.25, -0.2) is 0 Å². The summed E-state index contributed by atoms with van der Waals surface area (Å²) >= 11 is 0. The molecule has 0 heterocycles. The van der Waals surface area contributed by atoms with Gasteiger partial charge in [-0.1, -0.05) is 13.3 Å². The van der Waals surface area contributed by atoms with E-state index < -0.39 is 5.79 Å². The first-order chi connectivity index (χ1) is 4.12. The third-order valence-corrected chi connectivity index (χ3v) is 1.20. The topological polar surface area (TPSA) is 66.5 Å². The normalized spacial score (nSPS) is 12.0. The van der Waals surface area contributed by atoms with Crippen molar-refractivity contribution in [2.75, 3.05) is 6.54 Å². The molecule has 3 nitrogen and oxygen atoms in total. The second-order valence-electron chi connectivity index (χ2n) is 2.27. The molecule has 0 unspecified atom stereocenters. The molecule has 0 aliphatic carbocycles. The maximum absolute atomic E-state index is 8.99. The summed E-state index contributed by atoms with van der Waals surface area (Å²) in [4.78, 5) is 0. The standard InChI is InChI=1S/C6H15NO2/c1-2-3-6(8,9)4-5-7/h8-9H,2-5,7H2,1H3. The van der Waals surface area contributed by atoms with Crippen LogP contribution in [-0.2, 0) is 0 Å². The van der Waals surface area contributed by atoms with E-state index in [1.54, 1.807) is 0 Å². The Balaban J connectivity index is 3.43. The molecule has 56 valence electrons. The fraction of sp³-hybridized carbons (Fsp3) is 1.00. The van der Waals surface area contributed by atoms with Gasteiger partial charge in [0.1, 0.15) is 0 Å². The van der Waals surface area contributed by atoms with E-state index in [4.69, 9.17) is 15.9 Å². The van der Waals surface area contributed by atoms with Crippen LogP contribution in [0.2, 0.25) is 0 Å². The van der Waals surface area contributed by atoms with Gasteiger partial charge in [0, 0.05) is 12.8 Å². The second-order valence-corrected chi connectivity index (χ2v) is 2.27. The SMILES string of the molecule is CCCC(O)(O)CCN. The van der Waals surface area contributed by atoms with Crippen LogP contribution in [-0.4, -0.2) is 22.5 Å². The third-order valence-electron chi connectivity index (χ3n) is 1.20. The Bertz CT molecular complexity index is 65.5. The fourth-order valence-electron chi connectivity index (χ4n) is 0.757. The summed E-state index contributed by atoms with van der Waals surface area (Å²) < 4.78 is 0. The molecule has 9 heavy (non-hydrogen) atoms. The molecule has 0 rings (SSSR count). The van der Waals surface area contributed by atoms with Crippen molar-refractivity contribution < 1.29 is 10.2 Å². The quantitative estimate of drug-likeness (QED) is 0.466. The van der Waals surface area contributed by atoms with Crippen molar-refractivity contribution in [2.45, 2.75) is 32.0 Å². The van der Waals surface area contributed by atoms with Gasteiger partial charge in [0.15, 0.2) is 5.79 Å². The molecule has 4 N–H and O–H groups in total. The van der Waals surface area contributed by atoms with Crippen LogP contribution in [0.25, 0.3) is 0 Å². The summed E-state index contributed by atoms with van der Waals surface area (Å²) in [6.07, 6.45) is 1.44. The molecule has 0 saturated carbocycles. The van der Waals surface area contributed by atoms with Crippen LogP contribution in [0.4, 0.5) is 0 Å². The lowest BCUT2D eigenvalue weighted by Gasteiger charge is -2.19. The van der Waals surface area contributed by atoms with Gasteiger partial charge >= 0.3 is 0 Å². The highest BCUT2D eigenvalue weighted by molar-refractivity contribution is 4.62. The molecule has 3 heteroatoms. The average molecular weight is 133 g/mol. The summed E-state index contributed by atoms with van der Waals surface area (Å²) in [5.41, 5.74) is 5.12. The largest absolute Gasteiger partial charge is 0.366 e. The van der Waals surface area contributed by atoms with Gasteiger partial charge in [0.05, 0.1) is 0 Å². The Morgan fingerprint density at radius 2 is 1.89 bits per heavy atom. The Labute approximate surface area is 55.5 Å². The van der Waals surface area contributed by atoms with E-state index in [0.717, 1.165) is 6.42 Å². The molecule has 0 aromatic heterocycles. The van der Waals surface area contributed by atoms with E-state index in [1.165, 1.54) is 0 Å². The van der Waals surface area contributed by atoms with E-state index in [9.17, 15) is 0 Å². The van der Waals surface area contributed by atoms with E-state index >= 15 is 0 Å². The van der Waals surface area contributed by atoms with E-state index in [0.29, 0.717) is 13.0 Å². The molecule has 0 bridgehead atoms. The third kappa shape index (κ3) is 4.39. The molecule has 0 saturated heterocycles. The molecule has 0 aromatic carbocycles. The van der Waals surface area contributed by atoms with Gasteiger partial charge in [-0.05, 0) is 6.54 Å². The molecule has 0 aliphatic heterocycles. The summed E-state index contributed by atoms with van der Waals surface area (Å²) in [6, 6.07) is 0. The van der Waals surface area contributed by atoms with Crippen molar-refractivity contribution in [3.63, 3.8) is 0 Å². The lowest BCUT2D eigenvalue weighted by molar-refractivity contribution is -0.168. The Morgan fingerprint density at radius 3 is 2.22 bits per heavy atom. The van der Waals surface area contributed by atoms with Crippen LogP contribution in [0, 0.1) is 0 Å². The predicted molar refractivity (Wildman–Crippen MR) is 35.7 cm³/mol. The molecule has 0 aliphatic rings. The van der Waals surface area contributed by atoms with Crippen LogP contribution in [0.5, 0.6) is 0 Å². The van der Waals surface area contributed by atoms with Gasteiger partial charge in [-0.3, -0.25) is 0 Å². The molecule has 0 aromatic rings. The van der Waals surface area contributed by atoms with Crippen molar-refractivity contribution >= 4 is 0 Å². The highest BCUT2D eigenvalue weighted by Gasteiger charge is 2.19. The summed E-state index contributed by atoms with van der Waals surface area (Å²) in [5, 5.41) is 18.0. The zero-order chi connectivity index (χ0) is 7.33. The predicted octanol–water partition coefficient (Wildman–Crippen LogP) is -0.184. The van der Waals surface area contributed by atoms with Crippen LogP contribution in [0.1, 0.15) is 26.2 Å². The Kier molecular flexibility index (Phi) is 3.77. The lowest BCUT2D eigenvalue weighted by atomic mass is 10.1. The first-order valence-corrected chi connectivity index (χ1v) is 3.27. The van der Waals surface area contributed by atoms with E-state index in [1.807, 2.05) is 6.92 Å². The highest BCUT2D eigenvalue weighted by Crippen LogP contribution is 2.11. The molecule has 0 atom stereocenters. The molecular formula is C6H15NO2. The van der Waals surface area contributed by atoms with Gasteiger partial charge in [0.2, 0.25) is 0 Å². The minimum atomic E-state index is -1.52. The first kappa shape index (κ1) is 8.88. The summed E-state index contributed by atoms with van der Waals surface area (Å²) in [5.74, 6) is -1.52. The number of hydrogen-bond donors (Lipinski definition) is 3. The van der Waals surface area contributed by atoms with Gasteiger partial charge < -0.3 is 15.9 Å². The maximum atomic E-state index is 8.99. The Morgan fingerprint density at radius 1 is 1.33 bits per heavy atom. The fourth-order valence-corrected chi connectivity index (χ4v) is 0.757. The Hall–Kier alpha value is -0.120. The number of rotatable bonds is 4. The highest BCUT2D eigenvalue weighted by atomic mass is 16.5. The zero-order valence-corrected chi connectivity index (χ0v) is 5.80. The summed E-state index contributed by atoms with van der Waals surface area (Å²) in [6.45, 7) is 2.23. The zero-order valence-electron chi connectivity index (χ0n) is 5.80. The van der Waals surface area contributed by atoms with Crippen LogP contribution < -0.4 is 5.73 Å². The van der Waals surface area contributed by atoms with Crippen molar-refractivity contribution in [3.05, 3.63) is 0 Å². The monoisotopic (exact) mass is 133 g/mol. The second kappa shape index (κ2) is 3.82. The van der Waals surface area contributed by atoms with Gasteiger partial charge in [0.25, 0.3) is 0 Å². The molecule has 0 fully saturated rings. The van der Waals surface area contributed by atoms with Crippen molar-refractivity contribution in [2.24, 2.45) is 5.73 Å². The molecule has 0 radical (unpaired) electrons.